The molecule has 7 heteroatoms. The van der Waals surface area contributed by atoms with Crippen molar-refractivity contribution >= 4 is 11.6 Å². The second-order valence-electron chi connectivity index (χ2n) is 3.16. The molecule has 0 fully saturated rings. The Morgan fingerprint density at radius 2 is 2.29 bits per heavy atom. The maximum atomic E-state index is 13.2. The zero-order valence-electron chi connectivity index (χ0n) is 8.91. The van der Waals surface area contributed by atoms with Crippen LogP contribution in [0, 0.1) is 5.82 Å². The quantitative estimate of drug-likeness (QED) is 0.910. The Kier molecular flexibility index (Phi) is 3.26. The van der Waals surface area contributed by atoms with Crippen molar-refractivity contribution in [1.29, 1.82) is 0 Å². The first-order valence-corrected chi connectivity index (χ1v) is 5.10. The van der Waals surface area contributed by atoms with Crippen LogP contribution in [0.15, 0.2) is 16.7 Å². The Morgan fingerprint density at radius 3 is 2.88 bits per heavy atom. The maximum Gasteiger partial charge on any atom is 0.240 e. The number of hydrogen-bond donors (Lipinski definition) is 1. The van der Waals surface area contributed by atoms with Crippen LogP contribution < -0.4 is 10.5 Å². The molecule has 0 saturated carbocycles. The average Bonchev–Trinajstić information content (AvgIpc) is 2.81. The van der Waals surface area contributed by atoms with E-state index in [9.17, 15) is 4.39 Å². The van der Waals surface area contributed by atoms with E-state index in [2.05, 4.69) is 10.1 Å². The Bertz CT molecular complexity index is 544. The summed E-state index contributed by atoms with van der Waals surface area (Å²) in [5, 5.41) is 3.59. The first-order chi connectivity index (χ1) is 8.17. The molecule has 0 aliphatic carbocycles. The molecule has 2 rings (SSSR count). The summed E-state index contributed by atoms with van der Waals surface area (Å²) in [7, 11) is 1.38. The molecule has 0 unspecified atom stereocenters. The van der Waals surface area contributed by atoms with Gasteiger partial charge in [-0.15, -0.1) is 0 Å². The largest absolute Gasteiger partial charge is 0.494 e. The van der Waals surface area contributed by atoms with Crippen molar-refractivity contribution in [3.05, 3.63) is 28.9 Å². The standard InChI is InChI=1S/C10H9ClFN3O2/c1-16-9-5(2-3-6(12)8(9)11)10-14-7(4-13)17-15-10/h2-3H,4,13H2,1H3. The second kappa shape index (κ2) is 4.68. The van der Waals surface area contributed by atoms with E-state index in [4.69, 9.17) is 26.6 Å². The van der Waals surface area contributed by atoms with Gasteiger partial charge in [-0.25, -0.2) is 4.39 Å². The molecular formula is C10H9ClFN3O2. The Hall–Kier alpha value is -1.66. The van der Waals surface area contributed by atoms with Crippen LogP contribution in [0.4, 0.5) is 4.39 Å². The molecule has 5 nitrogen and oxygen atoms in total. The molecule has 0 spiro atoms. The van der Waals surface area contributed by atoms with Crippen LogP contribution in [-0.4, -0.2) is 17.3 Å². The summed E-state index contributed by atoms with van der Waals surface area (Å²) >= 11 is 5.78. The van der Waals surface area contributed by atoms with E-state index >= 15 is 0 Å². The van der Waals surface area contributed by atoms with Crippen LogP contribution in [0.2, 0.25) is 5.02 Å². The number of hydrogen-bond acceptors (Lipinski definition) is 5. The lowest BCUT2D eigenvalue weighted by atomic mass is 10.2. The number of aromatic nitrogens is 2. The van der Waals surface area contributed by atoms with Gasteiger partial charge in [0, 0.05) is 0 Å². The molecule has 2 N–H and O–H groups in total. The summed E-state index contributed by atoms with van der Waals surface area (Å²) in [5.74, 6) is 0.123. The number of halogens is 2. The minimum absolute atomic E-state index is 0.121. The zero-order chi connectivity index (χ0) is 12.4. The van der Waals surface area contributed by atoms with E-state index in [0.29, 0.717) is 5.56 Å². The highest BCUT2D eigenvalue weighted by molar-refractivity contribution is 6.32. The average molecular weight is 258 g/mol. The smallest absolute Gasteiger partial charge is 0.240 e. The van der Waals surface area contributed by atoms with Gasteiger partial charge in [-0.2, -0.15) is 4.98 Å². The number of benzene rings is 1. The molecule has 90 valence electrons. The fourth-order valence-corrected chi connectivity index (χ4v) is 1.60. The van der Waals surface area contributed by atoms with Crippen molar-refractivity contribution in [3.8, 4) is 17.1 Å². The van der Waals surface area contributed by atoms with Gasteiger partial charge in [-0.3, -0.25) is 0 Å². The highest BCUT2D eigenvalue weighted by Gasteiger charge is 2.17. The fourth-order valence-electron chi connectivity index (χ4n) is 1.35. The van der Waals surface area contributed by atoms with Gasteiger partial charge in [-0.05, 0) is 12.1 Å². The van der Waals surface area contributed by atoms with E-state index in [1.807, 2.05) is 0 Å². The lowest BCUT2D eigenvalue weighted by Crippen LogP contribution is -1.96. The van der Waals surface area contributed by atoms with Gasteiger partial charge in [0.1, 0.15) is 10.8 Å². The third-order valence-electron chi connectivity index (χ3n) is 2.14. The molecule has 0 saturated heterocycles. The van der Waals surface area contributed by atoms with Crippen LogP contribution in [0.5, 0.6) is 5.75 Å². The first kappa shape index (κ1) is 11.8. The maximum absolute atomic E-state index is 13.2. The van der Waals surface area contributed by atoms with Crippen molar-refractivity contribution in [1.82, 2.24) is 10.1 Å². The minimum Gasteiger partial charge on any atom is -0.494 e. The van der Waals surface area contributed by atoms with Gasteiger partial charge in [0.15, 0.2) is 5.75 Å². The van der Waals surface area contributed by atoms with Gasteiger partial charge in [0.2, 0.25) is 11.7 Å². The van der Waals surface area contributed by atoms with E-state index in [0.717, 1.165) is 0 Å². The van der Waals surface area contributed by atoms with E-state index in [1.54, 1.807) is 0 Å². The van der Waals surface area contributed by atoms with Crippen LogP contribution in [0.1, 0.15) is 5.89 Å². The molecule has 0 bridgehead atoms. The molecule has 1 aromatic carbocycles. The van der Waals surface area contributed by atoms with Crippen molar-refractivity contribution in [2.45, 2.75) is 6.54 Å². The molecular weight excluding hydrogens is 249 g/mol. The van der Waals surface area contributed by atoms with E-state index in [1.165, 1.54) is 19.2 Å². The van der Waals surface area contributed by atoms with Crippen LogP contribution >= 0.6 is 11.6 Å². The van der Waals surface area contributed by atoms with Gasteiger partial charge >= 0.3 is 0 Å². The number of ether oxygens (including phenoxy) is 1. The molecule has 0 amide bonds. The fraction of sp³-hybridized carbons (Fsp3) is 0.200. The third-order valence-corrected chi connectivity index (χ3v) is 2.49. The predicted molar refractivity (Wildman–Crippen MR) is 59.1 cm³/mol. The topological polar surface area (TPSA) is 74.2 Å². The molecule has 0 atom stereocenters. The lowest BCUT2D eigenvalue weighted by Gasteiger charge is -2.07. The van der Waals surface area contributed by atoms with Crippen molar-refractivity contribution in [2.75, 3.05) is 7.11 Å². The van der Waals surface area contributed by atoms with Crippen LogP contribution in [0.3, 0.4) is 0 Å². The van der Waals surface area contributed by atoms with Crippen molar-refractivity contribution in [3.63, 3.8) is 0 Å². The van der Waals surface area contributed by atoms with Gasteiger partial charge in [-0.1, -0.05) is 16.8 Å². The monoisotopic (exact) mass is 257 g/mol. The molecule has 1 heterocycles. The molecule has 0 aliphatic rings. The summed E-state index contributed by atoms with van der Waals surface area (Å²) in [5.41, 5.74) is 5.80. The summed E-state index contributed by atoms with van der Waals surface area (Å²) < 4.78 is 23.1. The first-order valence-electron chi connectivity index (χ1n) is 4.72. The predicted octanol–water partition coefficient (Wildman–Crippen LogP) is 2.00. The van der Waals surface area contributed by atoms with Crippen molar-refractivity contribution < 1.29 is 13.7 Å². The van der Waals surface area contributed by atoms with Gasteiger partial charge in [0.05, 0.1) is 19.2 Å². The summed E-state index contributed by atoms with van der Waals surface area (Å²) in [6.07, 6.45) is 0. The van der Waals surface area contributed by atoms with Gasteiger partial charge < -0.3 is 15.0 Å². The Morgan fingerprint density at radius 1 is 1.53 bits per heavy atom. The molecule has 0 aliphatic heterocycles. The zero-order valence-corrected chi connectivity index (χ0v) is 9.66. The second-order valence-corrected chi connectivity index (χ2v) is 3.54. The molecule has 1 aromatic heterocycles. The highest BCUT2D eigenvalue weighted by Crippen LogP contribution is 2.36. The van der Waals surface area contributed by atoms with E-state index in [-0.39, 0.29) is 29.0 Å². The minimum atomic E-state index is -0.574. The SMILES string of the molecule is COc1c(-c2noc(CN)n2)ccc(F)c1Cl. The normalized spacial score (nSPS) is 10.6. The molecule has 17 heavy (non-hydrogen) atoms. The third kappa shape index (κ3) is 2.09. The van der Waals surface area contributed by atoms with Crippen LogP contribution in [-0.2, 0) is 6.54 Å². The number of rotatable bonds is 3. The Labute approximate surface area is 101 Å². The van der Waals surface area contributed by atoms with Crippen molar-refractivity contribution in [2.24, 2.45) is 5.73 Å². The number of methoxy groups -OCH3 is 1. The van der Waals surface area contributed by atoms with E-state index < -0.39 is 5.82 Å². The summed E-state index contributed by atoms with van der Waals surface area (Å²) in [4.78, 5) is 4.01. The van der Waals surface area contributed by atoms with Gasteiger partial charge in [0.25, 0.3) is 0 Å². The number of nitrogens with two attached hydrogens (primary N) is 1. The highest BCUT2D eigenvalue weighted by atomic mass is 35.5. The molecule has 0 radical (unpaired) electrons. The molecule has 2 aromatic rings. The summed E-state index contributed by atoms with van der Waals surface area (Å²) in [6, 6.07) is 2.67. The summed E-state index contributed by atoms with van der Waals surface area (Å²) in [6.45, 7) is 0.129. The number of nitrogens with zero attached hydrogens (tertiary/aromatic N) is 2. The Balaban J connectivity index is 2.55. The lowest BCUT2D eigenvalue weighted by molar-refractivity contribution is 0.379. The van der Waals surface area contributed by atoms with Crippen LogP contribution in [0.25, 0.3) is 11.4 Å².